The second kappa shape index (κ2) is 5.75. The molecular weight excluding hydrogens is 245 g/mol. The van der Waals surface area contributed by atoms with Crippen LogP contribution in [-0.4, -0.2) is 22.1 Å². The Hall–Kier alpha value is -2.01. The fraction of sp³-hybridized carbons (Fsp3) is 0.286. The minimum Gasteiger partial charge on any atom is -0.392 e. The van der Waals surface area contributed by atoms with Crippen molar-refractivity contribution in [1.29, 1.82) is 0 Å². The first-order valence-corrected chi connectivity index (χ1v) is 5.99. The van der Waals surface area contributed by atoms with Gasteiger partial charge in [-0.1, -0.05) is 18.2 Å². The van der Waals surface area contributed by atoms with Crippen LogP contribution in [0.25, 0.3) is 0 Å². The summed E-state index contributed by atoms with van der Waals surface area (Å²) in [6, 6.07) is 6.63. The molecule has 1 heterocycles. The predicted octanol–water partition coefficient (Wildman–Crippen LogP) is 2.05. The van der Waals surface area contributed by atoms with E-state index >= 15 is 0 Å². The Bertz CT molecular complexity index is 574. The van der Waals surface area contributed by atoms with E-state index in [9.17, 15) is 4.39 Å². The van der Waals surface area contributed by atoms with Crippen LogP contribution < -0.4 is 4.90 Å². The fourth-order valence-corrected chi connectivity index (χ4v) is 1.77. The molecule has 1 aromatic carbocycles. The number of aliphatic hydroxyl groups is 1. The van der Waals surface area contributed by atoms with E-state index in [1.807, 2.05) is 6.92 Å². The molecule has 1 aromatic heterocycles. The lowest BCUT2D eigenvalue weighted by molar-refractivity contribution is 0.280. The maximum Gasteiger partial charge on any atom is 0.225 e. The lowest BCUT2D eigenvalue weighted by Crippen LogP contribution is -2.20. The van der Waals surface area contributed by atoms with Crippen LogP contribution in [0, 0.1) is 12.7 Å². The van der Waals surface area contributed by atoms with Crippen LogP contribution in [0.2, 0.25) is 0 Å². The largest absolute Gasteiger partial charge is 0.392 e. The van der Waals surface area contributed by atoms with E-state index in [0.717, 1.165) is 5.69 Å². The Balaban J connectivity index is 2.18. The van der Waals surface area contributed by atoms with Crippen molar-refractivity contribution in [1.82, 2.24) is 9.97 Å². The molecule has 100 valence electrons. The average Bonchev–Trinajstić information content (AvgIpc) is 2.41. The van der Waals surface area contributed by atoms with E-state index in [2.05, 4.69) is 9.97 Å². The lowest BCUT2D eigenvalue weighted by atomic mass is 10.2. The molecule has 4 nitrogen and oxygen atoms in total. The zero-order chi connectivity index (χ0) is 13.8. The molecule has 5 heteroatoms. The molecule has 0 saturated heterocycles. The van der Waals surface area contributed by atoms with Gasteiger partial charge < -0.3 is 10.0 Å². The Morgan fingerprint density at radius 3 is 2.63 bits per heavy atom. The summed E-state index contributed by atoms with van der Waals surface area (Å²) >= 11 is 0. The summed E-state index contributed by atoms with van der Waals surface area (Å²) in [5.74, 6) is 0.274. The van der Waals surface area contributed by atoms with Crippen molar-refractivity contribution >= 4 is 5.95 Å². The number of hydrogen-bond acceptors (Lipinski definition) is 4. The second-order valence-electron chi connectivity index (χ2n) is 4.39. The predicted molar refractivity (Wildman–Crippen MR) is 71.2 cm³/mol. The van der Waals surface area contributed by atoms with Gasteiger partial charge in [0.2, 0.25) is 5.95 Å². The molecule has 2 rings (SSSR count). The molecule has 0 aliphatic carbocycles. The molecule has 0 aliphatic rings. The van der Waals surface area contributed by atoms with Crippen molar-refractivity contribution in [2.45, 2.75) is 20.1 Å². The van der Waals surface area contributed by atoms with Gasteiger partial charge in [-0.25, -0.2) is 14.4 Å². The van der Waals surface area contributed by atoms with Gasteiger partial charge in [0.15, 0.2) is 0 Å². The maximum atomic E-state index is 13.6. The molecule has 0 radical (unpaired) electrons. The Labute approximate surface area is 111 Å². The van der Waals surface area contributed by atoms with Crippen LogP contribution in [0.1, 0.15) is 16.8 Å². The van der Waals surface area contributed by atoms with Gasteiger partial charge in [0, 0.05) is 36.6 Å². The number of benzene rings is 1. The first-order chi connectivity index (χ1) is 9.11. The normalized spacial score (nSPS) is 10.5. The quantitative estimate of drug-likeness (QED) is 0.915. The van der Waals surface area contributed by atoms with Crippen molar-refractivity contribution < 1.29 is 9.50 Å². The number of aliphatic hydroxyl groups excluding tert-OH is 1. The van der Waals surface area contributed by atoms with Gasteiger partial charge in [0.25, 0.3) is 0 Å². The molecule has 0 amide bonds. The fourth-order valence-electron chi connectivity index (χ4n) is 1.77. The summed E-state index contributed by atoms with van der Waals surface area (Å²) in [5, 5.41) is 9.08. The van der Waals surface area contributed by atoms with Crippen molar-refractivity contribution in [3.63, 3.8) is 0 Å². The smallest absolute Gasteiger partial charge is 0.225 e. The standard InChI is InChI=1S/C14H16FN3O/c1-10-12(9-19)7-16-14(17-10)18(2)8-11-5-3-4-6-13(11)15/h3-7,19H,8-9H2,1-2H3. The molecule has 0 unspecified atom stereocenters. The van der Waals surface area contributed by atoms with Crippen LogP contribution in [0.5, 0.6) is 0 Å². The SMILES string of the molecule is Cc1nc(N(C)Cc2ccccc2F)ncc1CO. The van der Waals surface area contributed by atoms with Gasteiger partial charge in [0.05, 0.1) is 6.61 Å². The Morgan fingerprint density at radius 1 is 1.26 bits per heavy atom. The lowest BCUT2D eigenvalue weighted by Gasteiger charge is -2.18. The summed E-state index contributed by atoms with van der Waals surface area (Å²) in [5.41, 5.74) is 2.02. The zero-order valence-electron chi connectivity index (χ0n) is 11.0. The molecule has 0 saturated carbocycles. The molecule has 2 aromatic rings. The number of anilines is 1. The van der Waals surface area contributed by atoms with Crippen LogP contribution in [0.3, 0.4) is 0 Å². The van der Waals surface area contributed by atoms with Crippen LogP contribution in [0.15, 0.2) is 30.5 Å². The van der Waals surface area contributed by atoms with Crippen molar-refractivity contribution in [3.8, 4) is 0 Å². The summed E-state index contributed by atoms with van der Waals surface area (Å²) in [4.78, 5) is 10.2. The number of aryl methyl sites for hydroxylation is 1. The number of rotatable bonds is 4. The molecule has 1 N–H and O–H groups in total. The van der Waals surface area contributed by atoms with Crippen molar-refractivity contribution in [2.24, 2.45) is 0 Å². The van der Waals surface area contributed by atoms with E-state index in [1.54, 1.807) is 36.3 Å². The highest BCUT2D eigenvalue weighted by Crippen LogP contribution is 2.14. The van der Waals surface area contributed by atoms with Gasteiger partial charge in [0.1, 0.15) is 5.82 Å². The molecular formula is C14H16FN3O. The molecule has 0 atom stereocenters. The van der Waals surface area contributed by atoms with Gasteiger partial charge in [-0.3, -0.25) is 0 Å². The second-order valence-corrected chi connectivity index (χ2v) is 4.39. The highest BCUT2D eigenvalue weighted by atomic mass is 19.1. The summed E-state index contributed by atoms with van der Waals surface area (Å²) in [6.07, 6.45) is 1.59. The minimum atomic E-state index is -0.238. The number of hydrogen-bond donors (Lipinski definition) is 1. The van der Waals surface area contributed by atoms with Gasteiger partial charge in [-0.15, -0.1) is 0 Å². The highest BCUT2D eigenvalue weighted by molar-refractivity contribution is 5.33. The van der Waals surface area contributed by atoms with Crippen molar-refractivity contribution in [3.05, 3.63) is 53.1 Å². The Morgan fingerprint density at radius 2 is 2.00 bits per heavy atom. The number of halogens is 1. The zero-order valence-corrected chi connectivity index (χ0v) is 11.0. The van der Waals surface area contributed by atoms with E-state index in [4.69, 9.17) is 5.11 Å². The number of nitrogens with zero attached hydrogens (tertiary/aromatic N) is 3. The summed E-state index contributed by atoms with van der Waals surface area (Å²) in [7, 11) is 1.81. The number of aromatic nitrogens is 2. The van der Waals surface area contributed by atoms with E-state index in [0.29, 0.717) is 23.6 Å². The molecule has 0 spiro atoms. The van der Waals surface area contributed by atoms with E-state index in [1.165, 1.54) is 6.07 Å². The first kappa shape index (κ1) is 13.4. The topological polar surface area (TPSA) is 49.2 Å². The van der Waals surface area contributed by atoms with Crippen LogP contribution in [-0.2, 0) is 13.2 Å². The molecule has 0 bridgehead atoms. The third-order valence-corrected chi connectivity index (χ3v) is 2.95. The maximum absolute atomic E-state index is 13.6. The molecule has 0 fully saturated rings. The monoisotopic (exact) mass is 261 g/mol. The Kier molecular flexibility index (Phi) is 4.06. The summed E-state index contributed by atoms with van der Waals surface area (Å²) in [6.45, 7) is 2.13. The third-order valence-electron chi connectivity index (χ3n) is 2.95. The van der Waals surface area contributed by atoms with E-state index < -0.39 is 0 Å². The van der Waals surface area contributed by atoms with Gasteiger partial charge in [-0.2, -0.15) is 0 Å². The minimum absolute atomic E-state index is 0.0802. The van der Waals surface area contributed by atoms with Crippen LogP contribution >= 0.6 is 0 Å². The van der Waals surface area contributed by atoms with Crippen LogP contribution in [0.4, 0.5) is 10.3 Å². The van der Waals surface area contributed by atoms with Crippen molar-refractivity contribution in [2.75, 3.05) is 11.9 Å². The average molecular weight is 261 g/mol. The first-order valence-electron chi connectivity index (χ1n) is 5.99. The van der Waals surface area contributed by atoms with Gasteiger partial charge in [-0.05, 0) is 13.0 Å². The highest BCUT2D eigenvalue weighted by Gasteiger charge is 2.09. The summed E-state index contributed by atoms with van der Waals surface area (Å²) < 4.78 is 13.6. The molecule has 19 heavy (non-hydrogen) atoms. The van der Waals surface area contributed by atoms with E-state index in [-0.39, 0.29) is 12.4 Å². The third kappa shape index (κ3) is 3.06. The van der Waals surface area contributed by atoms with Gasteiger partial charge >= 0.3 is 0 Å². The molecule has 0 aliphatic heterocycles.